The highest BCUT2D eigenvalue weighted by atomic mass is 32.2. The summed E-state index contributed by atoms with van der Waals surface area (Å²) in [6.45, 7) is 0. The Morgan fingerprint density at radius 3 is 1.45 bits per heavy atom. The summed E-state index contributed by atoms with van der Waals surface area (Å²) in [5.74, 6) is 4.66. The molecule has 0 radical (unpaired) electrons. The van der Waals surface area contributed by atoms with E-state index in [1.165, 1.54) is 0 Å². The Labute approximate surface area is 123 Å². The Morgan fingerprint density at radius 1 is 0.900 bits per heavy atom. The van der Waals surface area contributed by atoms with E-state index in [1.54, 1.807) is 60.7 Å². The molecule has 0 heterocycles. The predicted molar refractivity (Wildman–Crippen MR) is 82.4 cm³/mol. The fourth-order valence-electron chi connectivity index (χ4n) is 1.34. The standard InChI is InChI=1S/C12H10O2S.CH5N3S/c13-15(14,11-7-3-1-4-8-11)12-9-5-2-6-10-12;2-1(5)4-3/h1-10H;3H2,(H3,2,4,5). The summed E-state index contributed by atoms with van der Waals surface area (Å²) in [4.78, 5) is 0.660. The molecule has 2 aromatic rings. The van der Waals surface area contributed by atoms with Crippen molar-refractivity contribution in [3.63, 3.8) is 0 Å². The zero-order chi connectivity index (χ0) is 15.0. The lowest BCUT2D eigenvalue weighted by Gasteiger charge is -2.03. The highest BCUT2D eigenvalue weighted by Gasteiger charge is 2.15. The molecule has 0 saturated carbocycles. The number of benzene rings is 2. The van der Waals surface area contributed by atoms with Gasteiger partial charge in [0, 0.05) is 0 Å². The second kappa shape index (κ2) is 7.59. The quantitative estimate of drug-likeness (QED) is 0.438. The van der Waals surface area contributed by atoms with Crippen molar-refractivity contribution in [3.05, 3.63) is 60.7 Å². The van der Waals surface area contributed by atoms with Crippen molar-refractivity contribution < 1.29 is 8.42 Å². The summed E-state index contributed by atoms with van der Waals surface area (Å²) < 4.78 is 24.1. The van der Waals surface area contributed by atoms with Gasteiger partial charge < -0.3 is 11.2 Å². The van der Waals surface area contributed by atoms with Gasteiger partial charge in [-0.2, -0.15) is 0 Å². The maximum Gasteiger partial charge on any atom is 0.206 e. The lowest BCUT2D eigenvalue weighted by Crippen LogP contribution is -2.34. The molecule has 0 saturated heterocycles. The normalized spacial score (nSPS) is 10.1. The number of nitrogens with two attached hydrogens (primary N) is 2. The van der Waals surface area contributed by atoms with Crippen LogP contribution >= 0.6 is 12.2 Å². The molecule has 0 aromatic heterocycles. The van der Waals surface area contributed by atoms with Gasteiger partial charge in [-0.25, -0.2) is 14.3 Å². The first kappa shape index (κ1) is 16.1. The fraction of sp³-hybridized carbons (Fsp3) is 0. The Kier molecular flexibility index (Phi) is 6.10. The molecule has 0 aliphatic rings. The van der Waals surface area contributed by atoms with Crippen LogP contribution in [0.5, 0.6) is 0 Å². The van der Waals surface area contributed by atoms with E-state index >= 15 is 0 Å². The molecule has 0 unspecified atom stereocenters. The molecule has 5 N–H and O–H groups in total. The van der Waals surface area contributed by atoms with Gasteiger partial charge in [-0.1, -0.05) is 36.4 Å². The highest BCUT2D eigenvalue weighted by molar-refractivity contribution is 7.91. The number of hydrogen-bond donors (Lipinski definition) is 3. The summed E-state index contributed by atoms with van der Waals surface area (Å²) in [5.41, 5.74) is 6.82. The molecule has 5 nitrogen and oxygen atoms in total. The van der Waals surface area contributed by atoms with Crippen molar-refractivity contribution in [2.45, 2.75) is 9.79 Å². The molecule has 0 amide bonds. The molecule has 2 aromatic carbocycles. The third-order valence-electron chi connectivity index (χ3n) is 2.25. The number of hydrazine groups is 1. The predicted octanol–water partition coefficient (Wildman–Crippen LogP) is 1.21. The average molecular weight is 309 g/mol. The number of hydrogen-bond acceptors (Lipinski definition) is 4. The minimum atomic E-state index is -3.34. The molecule has 0 spiro atoms. The van der Waals surface area contributed by atoms with E-state index in [0.717, 1.165) is 0 Å². The molecule has 0 aliphatic carbocycles. The summed E-state index contributed by atoms with van der Waals surface area (Å²) in [7, 11) is -3.34. The molecule has 106 valence electrons. The fourth-order valence-corrected chi connectivity index (χ4v) is 2.64. The van der Waals surface area contributed by atoms with Crippen LogP contribution in [0, 0.1) is 0 Å². The van der Waals surface area contributed by atoms with Gasteiger partial charge in [0.15, 0.2) is 5.11 Å². The van der Waals surface area contributed by atoms with Crippen LogP contribution in [0.1, 0.15) is 0 Å². The van der Waals surface area contributed by atoms with Gasteiger partial charge in [0.1, 0.15) is 0 Å². The van der Waals surface area contributed by atoms with Crippen LogP contribution in [-0.4, -0.2) is 13.5 Å². The van der Waals surface area contributed by atoms with Crippen LogP contribution in [0.15, 0.2) is 70.5 Å². The zero-order valence-electron chi connectivity index (χ0n) is 10.6. The van der Waals surface area contributed by atoms with Crippen molar-refractivity contribution in [1.82, 2.24) is 5.43 Å². The summed E-state index contributed by atoms with van der Waals surface area (Å²) >= 11 is 4.24. The molecule has 0 fully saturated rings. The van der Waals surface area contributed by atoms with Crippen LogP contribution in [0.25, 0.3) is 0 Å². The molecule has 0 aliphatic heterocycles. The first-order valence-electron chi connectivity index (χ1n) is 5.59. The smallest absolute Gasteiger partial charge is 0.206 e. The Balaban J connectivity index is 0.000000347. The SMILES string of the molecule is NNC(N)=S.O=S(=O)(c1ccccc1)c1ccccc1. The molecular weight excluding hydrogens is 294 g/mol. The van der Waals surface area contributed by atoms with Crippen molar-refractivity contribution in [3.8, 4) is 0 Å². The topological polar surface area (TPSA) is 98.2 Å². The maximum atomic E-state index is 12.0. The van der Waals surface area contributed by atoms with Crippen LogP contribution in [-0.2, 0) is 9.84 Å². The molecule has 20 heavy (non-hydrogen) atoms. The average Bonchev–Trinajstić information content (AvgIpc) is 2.49. The van der Waals surface area contributed by atoms with Crippen LogP contribution in [0.2, 0.25) is 0 Å². The second-order valence-electron chi connectivity index (χ2n) is 3.64. The number of rotatable bonds is 2. The summed E-state index contributed by atoms with van der Waals surface area (Å²) in [6.07, 6.45) is 0. The van der Waals surface area contributed by atoms with E-state index in [4.69, 9.17) is 5.73 Å². The molecule has 7 heteroatoms. The number of sulfone groups is 1. The lowest BCUT2D eigenvalue weighted by atomic mass is 10.4. The zero-order valence-corrected chi connectivity index (χ0v) is 12.2. The van der Waals surface area contributed by atoms with Gasteiger partial charge in [0.25, 0.3) is 0 Å². The highest BCUT2D eigenvalue weighted by Crippen LogP contribution is 2.19. The Bertz CT molecular complexity index is 598. The summed E-state index contributed by atoms with van der Waals surface area (Å²) in [6, 6.07) is 16.9. The lowest BCUT2D eigenvalue weighted by molar-refractivity contribution is 0.596. The van der Waals surface area contributed by atoms with E-state index in [9.17, 15) is 8.42 Å². The summed E-state index contributed by atoms with van der Waals surface area (Å²) in [5, 5.41) is 0.116. The van der Waals surface area contributed by atoms with Gasteiger partial charge in [0.05, 0.1) is 9.79 Å². The van der Waals surface area contributed by atoms with Gasteiger partial charge in [-0.15, -0.1) is 0 Å². The van der Waals surface area contributed by atoms with Gasteiger partial charge in [-0.3, -0.25) is 0 Å². The van der Waals surface area contributed by atoms with Gasteiger partial charge in [0.2, 0.25) is 9.84 Å². The second-order valence-corrected chi connectivity index (χ2v) is 6.03. The minimum Gasteiger partial charge on any atom is -0.375 e. The number of nitrogens with one attached hydrogen (secondary N) is 1. The monoisotopic (exact) mass is 309 g/mol. The molecule has 0 atom stereocenters. The van der Waals surface area contributed by atoms with Crippen LogP contribution in [0.4, 0.5) is 0 Å². The Hall–Kier alpha value is -1.96. The third-order valence-corrected chi connectivity index (χ3v) is 4.15. The van der Waals surface area contributed by atoms with E-state index in [1.807, 2.05) is 5.43 Å². The first-order chi connectivity index (χ1) is 9.48. The third kappa shape index (κ3) is 4.61. The van der Waals surface area contributed by atoms with E-state index in [-0.39, 0.29) is 5.11 Å². The van der Waals surface area contributed by atoms with Crippen molar-refractivity contribution in [1.29, 1.82) is 0 Å². The maximum absolute atomic E-state index is 12.0. The van der Waals surface area contributed by atoms with Crippen molar-refractivity contribution in [2.24, 2.45) is 11.6 Å². The van der Waals surface area contributed by atoms with Gasteiger partial charge in [-0.05, 0) is 36.5 Å². The first-order valence-corrected chi connectivity index (χ1v) is 7.49. The van der Waals surface area contributed by atoms with Crippen LogP contribution in [0.3, 0.4) is 0 Å². The largest absolute Gasteiger partial charge is 0.375 e. The van der Waals surface area contributed by atoms with Crippen LogP contribution < -0.4 is 17.0 Å². The molecule has 2 rings (SSSR count). The minimum absolute atomic E-state index is 0.116. The van der Waals surface area contributed by atoms with Gasteiger partial charge >= 0.3 is 0 Å². The molecular formula is C13H15N3O2S2. The van der Waals surface area contributed by atoms with Crippen molar-refractivity contribution >= 4 is 27.2 Å². The van der Waals surface area contributed by atoms with E-state index < -0.39 is 9.84 Å². The Morgan fingerprint density at radius 2 is 1.20 bits per heavy atom. The van der Waals surface area contributed by atoms with E-state index in [0.29, 0.717) is 9.79 Å². The molecule has 0 bridgehead atoms. The number of thiocarbonyl (C=S) groups is 1. The van der Waals surface area contributed by atoms with E-state index in [2.05, 4.69) is 18.1 Å². The van der Waals surface area contributed by atoms with Crippen molar-refractivity contribution in [2.75, 3.05) is 0 Å².